The highest BCUT2D eigenvalue weighted by atomic mass is 16.5. The first-order valence-corrected chi connectivity index (χ1v) is 8.54. The lowest BCUT2D eigenvalue weighted by Crippen LogP contribution is -2.45. The fourth-order valence-corrected chi connectivity index (χ4v) is 4.06. The monoisotopic (exact) mass is 316 g/mol. The summed E-state index contributed by atoms with van der Waals surface area (Å²) in [5.41, 5.74) is 8.38. The van der Waals surface area contributed by atoms with E-state index in [1.807, 2.05) is 22.8 Å². The van der Waals surface area contributed by atoms with Crippen molar-refractivity contribution in [3.05, 3.63) is 28.7 Å². The van der Waals surface area contributed by atoms with Crippen LogP contribution < -0.4 is 11.4 Å². The van der Waals surface area contributed by atoms with E-state index in [1.54, 1.807) is 0 Å². The number of benzene rings is 1. The number of hydrogen-bond donors (Lipinski definition) is 2. The molecule has 0 bridgehead atoms. The summed E-state index contributed by atoms with van der Waals surface area (Å²) in [6, 6.07) is 6.53. The second-order valence-corrected chi connectivity index (χ2v) is 6.69. The summed E-state index contributed by atoms with van der Waals surface area (Å²) in [7, 11) is 0. The number of aromatic amines is 1. The number of H-pyrrole nitrogens is 1. The number of rotatable bonds is 2. The van der Waals surface area contributed by atoms with Crippen molar-refractivity contribution in [3.63, 3.8) is 0 Å². The zero-order chi connectivity index (χ0) is 15.8. The summed E-state index contributed by atoms with van der Waals surface area (Å²) in [5, 5.41) is 0. The molecule has 124 valence electrons. The third kappa shape index (κ3) is 2.77. The van der Waals surface area contributed by atoms with Crippen LogP contribution in [0.1, 0.15) is 31.7 Å². The molecule has 3 heterocycles. The molecule has 3 N–H and O–H groups in total. The van der Waals surface area contributed by atoms with Gasteiger partial charge in [0.2, 0.25) is 0 Å². The van der Waals surface area contributed by atoms with Crippen LogP contribution >= 0.6 is 0 Å². The van der Waals surface area contributed by atoms with E-state index in [0.717, 1.165) is 63.0 Å². The highest BCUT2D eigenvalue weighted by Crippen LogP contribution is 2.28. The van der Waals surface area contributed by atoms with Gasteiger partial charge in [-0.15, -0.1) is 0 Å². The third-order valence-corrected chi connectivity index (χ3v) is 5.31. The number of nitrogens with two attached hydrogens (primary N) is 1. The molecule has 0 spiro atoms. The van der Waals surface area contributed by atoms with Gasteiger partial charge in [-0.2, -0.15) is 0 Å². The second kappa shape index (κ2) is 6.02. The molecule has 2 aromatic rings. The molecule has 0 amide bonds. The first-order chi connectivity index (χ1) is 11.2. The van der Waals surface area contributed by atoms with Gasteiger partial charge in [0.25, 0.3) is 0 Å². The largest absolute Gasteiger partial charge is 0.399 e. The van der Waals surface area contributed by atoms with Gasteiger partial charge in [-0.25, -0.2) is 4.79 Å². The molecule has 0 saturated carbocycles. The molecule has 6 nitrogen and oxygen atoms in total. The average molecular weight is 316 g/mol. The maximum atomic E-state index is 12.4. The predicted octanol–water partition coefficient (Wildman–Crippen LogP) is 1.73. The fraction of sp³-hybridized carbons (Fsp3) is 0.588. The maximum absolute atomic E-state index is 12.4. The number of aromatic nitrogens is 2. The molecular weight excluding hydrogens is 292 g/mol. The van der Waals surface area contributed by atoms with E-state index in [0.29, 0.717) is 11.7 Å². The molecule has 0 atom stereocenters. The van der Waals surface area contributed by atoms with Gasteiger partial charge in [-0.1, -0.05) is 0 Å². The number of ether oxygens (including phenoxy) is 1. The summed E-state index contributed by atoms with van der Waals surface area (Å²) in [6.45, 7) is 3.87. The SMILES string of the molecule is Nc1ccc2[nH]c(=O)n(C3CCN(C4CCOCC4)CC3)c2c1. The second-order valence-electron chi connectivity index (χ2n) is 6.69. The molecular formula is C17H24N4O2. The average Bonchev–Trinajstić information content (AvgIpc) is 2.91. The molecule has 0 aliphatic carbocycles. The molecule has 1 aromatic heterocycles. The van der Waals surface area contributed by atoms with Crippen molar-refractivity contribution in [1.82, 2.24) is 14.5 Å². The van der Waals surface area contributed by atoms with Gasteiger partial charge < -0.3 is 20.4 Å². The van der Waals surface area contributed by atoms with Gasteiger partial charge >= 0.3 is 5.69 Å². The molecule has 0 unspecified atom stereocenters. The number of nitrogens with one attached hydrogen (secondary N) is 1. The van der Waals surface area contributed by atoms with E-state index in [4.69, 9.17) is 10.5 Å². The highest BCUT2D eigenvalue weighted by molar-refractivity contribution is 5.79. The van der Waals surface area contributed by atoms with Crippen molar-refractivity contribution in [2.24, 2.45) is 0 Å². The van der Waals surface area contributed by atoms with E-state index in [1.165, 1.54) is 0 Å². The molecule has 2 aliphatic heterocycles. The molecule has 23 heavy (non-hydrogen) atoms. The van der Waals surface area contributed by atoms with E-state index in [2.05, 4.69) is 9.88 Å². The minimum absolute atomic E-state index is 0.0184. The highest BCUT2D eigenvalue weighted by Gasteiger charge is 2.28. The number of nitrogens with zero attached hydrogens (tertiary/aromatic N) is 2. The van der Waals surface area contributed by atoms with Crippen molar-refractivity contribution in [2.45, 2.75) is 37.8 Å². The van der Waals surface area contributed by atoms with Gasteiger partial charge in [0.1, 0.15) is 0 Å². The molecule has 2 aliphatic rings. The van der Waals surface area contributed by atoms with Crippen molar-refractivity contribution < 1.29 is 4.74 Å². The zero-order valence-corrected chi connectivity index (χ0v) is 13.3. The van der Waals surface area contributed by atoms with Gasteiger partial charge in [-0.3, -0.25) is 4.57 Å². The molecule has 2 saturated heterocycles. The van der Waals surface area contributed by atoms with Gasteiger partial charge in [0.05, 0.1) is 11.0 Å². The van der Waals surface area contributed by atoms with E-state index < -0.39 is 0 Å². The van der Waals surface area contributed by atoms with Crippen molar-refractivity contribution in [3.8, 4) is 0 Å². The smallest absolute Gasteiger partial charge is 0.326 e. The van der Waals surface area contributed by atoms with Gasteiger partial charge in [-0.05, 0) is 43.9 Å². The third-order valence-electron chi connectivity index (χ3n) is 5.31. The predicted molar refractivity (Wildman–Crippen MR) is 90.7 cm³/mol. The minimum Gasteiger partial charge on any atom is -0.399 e. The van der Waals surface area contributed by atoms with Crippen LogP contribution in [-0.4, -0.2) is 46.8 Å². The van der Waals surface area contributed by atoms with Crippen LogP contribution in [0.15, 0.2) is 23.0 Å². The maximum Gasteiger partial charge on any atom is 0.326 e. The molecule has 1 aromatic carbocycles. The van der Waals surface area contributed by atoms with Crippen molar-refractivity contribution in [1.29, 1.82) is 0 Å². The van der Waals surface area contributed by atoms with Crippen LogP contribution in [0.4, 0.5) is 5.69 Å². The Morgan fingerprint density at radius 2 is 1.83 bits per heavy atom. The Bertz CT molecular complexity index is 737. The van der Waals surface area contributed by atoms with Crippen LogP contribution in [0.5, 0.6) is 0 Å². The Hall–Kier alpha value is -1.79. The Kier molecular flexibility index (Phi) is 3.87. The van der Waals surface area contributed by atoms with Crippen LogP contribution in [0.25, 0.3) is 11.0 Å². The summed E-state index contributed by atoms with van der Waals surface area (Å²) in [6.07, 6.45) is 4.29. The zero-order valence-electron chi connectivity index (χ0n) is 13.3. The molecule has 2 fully saturated rings. The Morgan fingerprint density at radius 1 is 1.09 bits per heavy atom. The lowest BCUT2D eigenvalue weighted by Gasteiger charge is -2.39. The number of anilines is 1. The minimum atomic E-state index is -0.0184. The lowest BCUT2D eigenvalue weighted by atomic mass is 9.99. The van der Waals surface area contributed by atoms with Crippen LogP contribution in [0, 0.1) is 0 Å². The van der Waals surface area contributed by atoms with Crippen molar-refractivity contribution >= 4 is 16.7 Å². The number of likely N-dealkylation sites (tertiary alicyclic amines) is 1. The summed E-state index contributed by atoms with van der Waals surface area (Å²) >= 11 is 0. The van der Waals surface area contributed by atoms with Crippen LogP contribution in [0.2, 0.25) is 0 Å². The normalized spacial score (nSPS) is 21.9. The number of piperidine rings is 1. The number of nitrogen functional groups attached to an aromatic ring is 1. The fourth-order valence-electron chi connectivity index (χ4n) is 4.06. The van der Waals surface area contributed by atoms with Crippen LogP contribution in [0.3, 0.4) is 0 Å². The number of hydrogen-bond acceptors (Lipinski definition) is 4. The summed E-state index contributed by atoms with van der Waals surface area (Å²) in [5.74, 6) is 0. The standard InChI is InChI=1S/C17H24N4O2/c18-12-1-2-15-16(11-12)21(17(22)19-15)14-3-7-20(8-4-14)13-5-9-23-10-6-13/h1-2,11,13-14H,3-10,18H2,(H,19,22). The Morgan fingerprint density at radius 3 is 2.57 bits per heavy atom. The van der Waals surface area contributed by atoms with Gasteiger partial charge in [0.15, 0.2) is 0 Å². The van der Waals surface area contributed by atoms with Crippen molar-refractivity contribution in [2.75, 3.05) is 32.0 Å². The quantitative estimate of drug-likeness (QED) is 0.827. The lowest BCUT2D eigenvalue weighted by molar-refractivity contribution is 0.0220. The van der Waals surface area contributed by atoms with E-state index in [-0.39, 0.29) is 11.7 Å². The molecule has 4 rings (SSSR count). The molecule has 0 radical (unpaired) electrons. The number of fused-ring (bicyclic) bond motifs is 1. The van der Waals surface area contributed by atoms with E-state index in [9.17, 15) is 4.79 Å². The first-order valence-electron chi connectivity index (χ1n) is 8.54. The number of imidazole rings is 1. The Balaban J connectivity index is 1.53. The summed E-state index contributed by atoms with van der Waals surface area (Å²) < 4.78 is 7.37. The summed E-state index contributed by atoms with van der Waals surface area (Å²) in [4.78, 5) is 17.9. The Labute approximate surface area is 135 Å². The van der Waals surface area contributed by atoms with Crippen LogP contribution in [-0.2, 0) is 4.74 Å². The van der Waals surface area contributed by atoms with Gasteiger partial charge in [0, 0.05) is 44.1 Å². The first kappa shape index (κ1) is 14.8. The molecule has 6 heteroatoms. The topological polar surface area (TPSA) is 76.3 Å². The van der Waals surface area contributed by atoms with E-state index >= 15 is 0 Å².